The molecule has 1 aliphatic heterocycles. The van der Waals surface area contributed by atoms with Crippen molar-refractivity contribution in [3.8, 4) is 0 Å². The van der Waals surface area contributed by atoms with Crippen molar-refractivity contribution < 1.29 is 4.79 Å². The van der Waals surface area contributed by atoms with E-state index in [4.69, 9.17) is 0 Å². The van der Waals surface area contributed by atoms with Gasteiger partial charge < -0.3 is 10.1 Å². The van der Waals surface area contributed by atoms with Gasteiger partial charge in [0.05, 0.1) is 0 Å². The van der Waals surface area contributed by atoms with Crippen molar-refractivity contribution in [3.63, 3.8) is 0 Å². The topological polar surface area (TPSA) is 29.1 Å². The third kappa shape index (κ3) is 1.32. The van der Waals surface area contributed by atoms with Gasteiger partial charge in [0, 0.05) is 12.5 Å². The zero-order chi connectivity index (χ0) is 7.68. The van der Waals surface area contributed by atoms with Crippen LogP contribution in [0.25, 0.3) is 0 Å². The van der Waals surface area contributed by atoms with Gasteiger partial charge in [-0.1, -0.05) is 0 Å². The lowest BCUT2D eigenvalue weighted by Gasteiger charge is -2.08. The van der Waals surface area contributed by atoms with Crippen LogP contribution in [0.1, 0.15) is 25.7 Å². The molecule has 3 atom stereocenters. The molecule has 1 saturated heterocycles. The number of nitrogens with one attached hydrogen (secondary N) is 1. The summed E-state index contributed by atoms with van der Waals surface area (Å²) in [5.74, 6) is 1.76. The normalized spacial score (nSPS) is 41.3. The van der Waals surface area contributed by atoms with Gasteiger partial charge in [-0.25, -0.2) is 0 Å². The van der Waals surface area contributed by atoms with Crippen molar-refractivity contribution in [1.82, 2.24) is 5.32 Å². The summed E-state index contributed by atoms with van der Waals surface area (Å²) in [6, 6.07) is 0.781. The summed E-state index contributed by atoms with van der Waals surface area (Å²) in [5, 5.41) is 3.50. The lowest BCUT2D eigenvalue weighted by Crippen LogP contribution is -2.24. The van der Waals surface area contributed by atoms with Crippen LogP contribution in [-0.2, 0) is 4.79 Å². The van der Waals surface area contributed by atoms with Crippen molar-refractivity contribution in [2.75, 3.05) is 6.54 Å². The molecule has 1 N–H and O–H groups in total. The Morgan fingerprint density at radius 1 is 1.55 bits per heavy atom. The van der Waals surface area contributed by atoms with Crippen molar-refractivity contribution >= 4 is 6.29 Å². The van der Waals surface area contributed by atoms with E-state index in [9.17, 15) is 4.79 Å². The summed E-state index contributed by atoms with van der Waals surface area (Å²) < 4.78 is 0. The van der Waals surface area contributed by atoms with Crippen LogP contribution >= 0.6 is 0 Å². The summed E-state index contributed by atoms with van der Waals surface area (Å²) >= 11 is 0. The standard InChI is InChI=1S/C9H15NO/c11-6-2-4-8-7-3-1-5-10-9(7)8/h6-10H,1-5H2/t7-,8?,9-/m1/s1. The molecule has 0 spiro atoms. The molecule has 2 aliphatic rings. The van der Waals surface area contributed by atoms with Gasteiger partial charge in [0.2, 0.25) is 0 Å². The maximum Gasteiger partial charge on any atom is 0.120 e. The third-order valence-electron chi connectivity index (χ3n) is 3.04. The fourth-order valence-electron chi connectivity index (χ4n) is 2.40. The minimum absolute atomic E-state index is 0.763. The van der Waals surface area contributed by atoms with E-state index in [1.807, 2.05) is 0 Å². The number of hydrogen-bond donors (Lipinski definition) is 1. The van der Waals surface area contributed by atoms with Gasteiger partial charge in [0.1, 0.15) is 6.29 Å². The maximum absolute atomic E-state index is 10.1. The summed E-state index contributed by atoms with van der Waals surface area (Å²) in [7, 11) is 0. The highest BCUT2D eigenvalue weighted by atomic mass is 16.1. The third-order valence-corrected chi connectivity index (χ3v) is 3.04. The Hall–Kier alpha value is -0.370. The van der Waals surface area contributed by atoms with Gasteiger partial charge in [-0.2, -0.15) is 0 Å². The largest absolute Gasteiger partial charge is 0.313 e. The second-order valence-corrected chi connectivity index (χ2v) is 3.69. The van der Waals surface area contributed by atoms with Crippen LogP contribution < -0.4 is 5.32 Å². The van der Waals surface area contributed by atoms with Gasteiger partial charge in [-0.3, -0.25) is 0 Å². The van der Waals surface area contributed by atoms with E-state index in [-0.39, 0.29) is 0 Å². The van der Waals surface area contributed by atoms with E-state index >= 15 is 0 Å². The van der Waals surface area contributed by atoms with Gasteiger partial charge in [0.15, 0.2) is 0 Å². The van der Waals surface area contributed by atoms with Crippen molar-refractivity contribution in [2.24, 2.45) is 11.8 Å². The maximum atomic E-state index is 10.1. The molecule has 1 unspecified atom stereocenters. The SMILES string of the molecule is O=CCCC1[C@H]2CCCN[C@@H]12. The Balaban J connectivity index is 1.76. The molecule has 1 heterocycles. The number of carbonyl (C=O) groups excluding carboxylic acids is 1. The van der Waals surface area contributed by atoms with E-state index in [0.717, 1.165) is 37.0 Å². The van der Waals surface area contributed by atoms with Crippen LogP contribution in [-0.4, -0.2) is 18.9 Å². The van der Waals surface area contributed by atoms with Crippen LogP contribution in [0.5, 0.6) is 0 Å². The average molecular weight is 153 g/mol. The first-order valence-electron chi connectivity index (χ1n) is 4.60. The molecule has 0 aromatic carbocycles. The zero-order valence-corrected chi connectivity index (χ0v) is 6.75. The molecule has 0 aromatic rings. The fraction of sp³-hybridized carbons (Fsp3) is 0.889. The Morgan fingerprint density at radius 2 is 2.45 bits per heavy atom. The monoisotopic (exact) mass is 153 g/mol. The lowest BCUT2D eigenvalue weighted by molar-refractivity contribution is -0.108. The second kappa shape index (κ2) is 2.94. The smallest absolute Gasteiger partial charge is 0.120 e. The first-order valence-corrected chi connectivity index (χ1v) is 4.60. The number of rotatable bonds is 3. The molecule has 2 fully saturated rings. The molecule has 0 aromatic heterocycles. The molecule has 0 amide bonds. The molecule has 62 valence electrons. The molecule has 2 nitrogen and oxygen atoms in total. The van der Waals surface area contributed by atoms with E-state index in [1.165, 1.54) is 19.4 Å². The Morgan fingerprint density at radius 3 is 3.09 bits per heavy atom. The number of fused-ring (bicyclic) bond motifs is 1. The van der Waals surface area contributed by atoms with Gasteiger partial charge >= 0.3 is 0 Å². The minimum atomic E-state index is 0.763. The van der Waals surface area contributed by atoms with Crippen LogP contribution in [0.15, 0.2) is 0 Å². The number of piperidine rings is 1. The van der Waals surface area contributed by atoms with Crippen LogP contribution in [0.2, 0.25) is 0 Å². The van der Waals surface area contributed by atoms with Crippen LogP contribution in [0, 0.1) is 11.8 Å². The molecule has 2 heteroatoms. The Bertz CT molecular complexity index is 146. The van der Waals surface area contributed by atoms with Gasteiger partial charge in [-0.05, 0) is 37.6 Å². The van der Waals surface area contributed by atoms with Gasteiger partial charge in [0.25, 0.3) is 0 Å². The summed E-state index contributed by atoms with van der Waals surface area (Å²) in [5.41, 5.74) is 0. The predicted octanol–water partition coefficient (Wildman–Crippen LogP) is 0.964. The molecule has 2 rings (SSSR count). The fourth-order valence-corrected chi connectivity index (χ4v) is 2.40. The highest BCUT2D eigenvalue weighted by Gasteiger charge is 2.49. The zero-order valence-electron chi connectivity index (χ0n) is 6.75. The molecule has 0 bridgehead atoms. The molecular weight excluding hydrogens is 138 g/mol. The predicted molar refractivity (Wildman–Crippen MR) is 43.3 cm³/mol. The molecule has 11 heavy (non-hydrogen) atoms. The Kier molecular flexibility index (Phi) is 1.95. The van der Waals surface area contributed by atoms with E-state index in [1.54, 1.807) is 0 Å². The van der Waals surface area contributed by atoms with Crippen molar-refractivity contribution in [1.29, 1.82) is 0 Å². The second-order valence-electron chi connectivity index (χ2n) is 3.69. The number of aldehydes is 1. The van der Waals surface area contributed by atoms with Crippen LogP contribution in [0.3, 0.4) is 0 Å². The van der Waals surface area contributed by atoms with E-state index in [0.29, 0.717) is 0 Å². The molecule has 1 aliphatic carbocycles. The highest BCUT2D eigenvalue weighted by molar-refractivity contribution is 5.49. The average Bonchev–Trinajstić information content (AvgIpc) is 2.75. The highest BCUT2D eigenvalue weighted by Crippen LogP contribution is 2.47. The van der Waals surface area contributed by atoms with E-state index in [2.05, 4.69) is 5.32 Å². The minimum Gasteiger partial charge on any atom is -0.313 e. The molecule has 1 saturated carbocycles. The lowest BCUT2D eigenvalue weighted by atomic mass is 10.1. The Labute approximate surface area is 67.4 Å². The molecular formula is C9H15NO. The van der Waals surface area contributed by atoms with E-state index < -0.39 is 0 Å². The summed E-state index contributed by atoms with van der Waals surface area (Å²) in [6.07, 6.45) is 5.65. The molecule has 0 radical (unpaired) electrons. The first kappa shape index (κ1) is 7.29. The van der Waals surface area contributed by atoms with Crippen molar-refractivity contribution in [3.05, 3.63) is 0 Å². The van der Waals surface area contributed by atoms with Gasteiger partial charge in [-0.15, -0.1) is 0 Å². The number of carbonyl (C=O) groups is 1. The summed E-state index contributed by atoms with van der Waals surface area (Å²) in [4.78, 5) is 10.1. The number of hydrogen-bond acceptors (Lipinski definition) is 2. The van der Waals surface area contributed by atoms with Crippen molar-refractivity contribution in [2.45, 2.75) is 31.7 Å². The summed E-state index contributed by atoms with van der Waals surface area (Å²) in [6.45, 7) is 1.19. The quantitative estimate of drug-likeness (QED) is 0.612. The van der Waals surface area contributed by atoms with Crippen LogP contribution in [0.4, 0.5) is 0 Å². The first-order chi connectivity index (χ1) is 5.43.